The molecule has 1 fully saturated rings. The van der Waals surface area contributed by atoms with Crippen LogP contribution < -0.4 is 5.56 Å². The SMILES string of the molecule is Cc1ccc(Cn2nnc3c(=O)[nH]c([C@@H]4CCCN(S(C)(=O)=O)C4)nc32)cc1. The molecule has 28 heavy (non-hydrogen) atoms. The standard InChI is InChI=1S/C18H22N6O3S/c1-12-5-7-13(8-6-12)10-24-17-15(21-22-24)18(25)20-16(19-17)14-4-3-9-23(11-14)28(2,26)27/h5-8,14H,3-4,9-11H2,1-2H3,(H,19,20,25)/t14-/m1/s1. The Bertz CT molecular complexity index is 1170. The number of aromatic nitrogens is 5. The first kappa shape index (κ1) is 18.8. The molecule has 10 heteroatoms. The van der Waals surface area contributed by atoms with E-state index >= 15 is 0 Å². The normalized spacial score (nSPS) is 18.6. The van der Waals surface area contributed by atoms with Gasteiger partial charge in [-0.3, -0.25) is 4.79 Å². The topological polar surface area (TPSA) is 114 Å². The van der Waals surface area contributed by atoms with E-state index in [1.54, 1.807) is 4.68 Å². The summed E-state index contributed by atoms with van der Waals surface area (Å²) < 4.78 is 26.8. The molecular weight excluding hydrogens is 380 g/mol. The van der Waals surface area contributed by atoms with Crippen LogP contribution in [0.1, 0.15) is 35.7 Å². The van der Waals surface area contributed by atoms with Crippen molar-refractivity contribution < 1.29 is 8.42 Å². The molecule has 0 amide bonds. The lowest BCUT2D eigenvalue weighted by Crippen LogP contribution is -2.39. The van der Waals surface area contributed by atoms with Crippen LogP contribution in [0.5, 0.6) is 0 Å². The Balaban J connectivity index is 1.69. The second-order valence-corrected chi connectivity index (χ2v) is 9.30. The van der Waals surface area contributed by atoms with E-state index in [-0.39, 0.29) is 17.0 Å². The first-order valence-corrected chi connectivity index (χ1v) is 11.0. The highest BCUT2D eigenvalue weighted by Gasteiger charge is 2.29. The highest BCUT2D eigenvalue weighted by atomic mass is 32.2. The van der Waals surface area contributed by atoms with Crippen molar-refractivity contribution in [2.45, 2.75) is 32.2 Å². The number of aromatic amines is 1. The Morgan fingerprint density at radius 3 is 2.71 bits per heavy atom. The zero-order valence-corrected chi connectivity index (χ0v) is 16.6. The van der Waals surface area contributed by atoms with Crippen molar-refractivity contribution in [3.8, 4) is 0 Å². The van der Waals surface area contributed by atoms with Gasteiger partial charge in [0.2, 0.25) is 10.0 Å². The van der Waals surface area contributed by atoms with E-state index in [0.29, 0.717) is 31.1 Å². The first-order chi connectivity index (χ1) is 13.3. The first-order valence-electron chi connectivity index (χ1n) is 9.15. The molecule has 0 spiro atoms. The van der Waals surface area contributed by atoms with Crippen LogP contribution in [-0.4, -0.2) is 57.0 Å². The summed E-state index contributed by atoms with van der Waals surface area (Å²) in [5.74, 6) is 0.321. The smallest absolute Gasteiger partial charge is 0.281 e. The largest absolute Gasteiger partial charge is 0.308 e. The predicted molar refractivity (Wildman–Crippen MR) is 105 cm³/mol. The molecule has 1 atom stereocenters. The number of H-pyrrole nitrogens is 1. The summed E-state index contributed by atoms with van der Waals surface area (Å²) in [6, 6.07) is 8.04. The van der Waals surface area contributed by atoms with Crippen molar-refractivity contribution in [3.63, 3.8) is 0 Å². The van der Waals surface area contributed by atoms with Crippen molar-refractivity contribution in [3.05, 3.63) is 51.6 Å². The number of rotatable bonds is 4. The van der Waals surface area contributed by atoms with E-state index in [1.807, 2.05) is 31.2 Å². The molecule has 1 aromatic carbocycles. The summed E-state index contributed by atoms with van der Waals surface area (Å²) in [5, 5.41) is 8.06. The third kappa shape index (κ3) is 3.69. The quantitative estimate of drug-likeness (QED) is 0.697. The maximum atomic E-state index is 12.5. The number of nitrogens with zero attached hydrogens (tertiary/aromatic N) is 5. The van der Waals surface area contributed by atoms with Gasteiger partial charge in [0.25, 0.3) is 5.56 Å². The Hall–Kier alpha value is -2.59. The summed E-state index contributed by atoms with van der Waals surface area (Å²) in [5.41, 5.74) is 2.44. The molecular formula is C18H22N6O3S. The minimum Gasteiger partial charge on any atom is -0.308 e. The lowest BCUT2D eigenvalue weighted by atomic mass is 9.99. The van der Waals surface area contributed by atoms with Gasteiger partial charge in [-0.15, -0.1) is 5.10 Å². The Labute approximate surface area is 162 Å². The number of aryl methyl sites for hydroxylation is 1. The van der Waals surface area contributed by atoms with Crippen molar-refractivity contribution in [1.29, 1.82) is 0 Å². The van der Waals surface area contributed by atoms with Crippen LogP contribution in [0.15, 0.2) is 29.1 Å². The predicted octanol–water partition coefficient (Wildman–Crippen LogP) is 1.01. The second-order valence-electron chi connectivity index (χ2n) is 7.32. The van der Waals surface area contributed by atoms with Gasteiger partial charge in [-0.05, 0) is 25.3 Å². The lowest BCUT2D eigenvalue weighted by Gasteiger charge is -2.30. The second kappa shape index (κ2) is 7.10. The zero-order chi connectivity index (χ0) is 19.9. The van der Waals surface area contributed by atoms with Crippen LogP contribution in [0.2, 0.25) is 0 Å². The summed E-state index contributed by atoms with van der Waals surface area (Å²) in [6.07, 6.45) is 2.69. The molecule has 148 valence electrons. The van der Waals surface area contributed by atoms with Gasteiger partial charge in [-0.25, -0.2) is 22.4 Å². The number of benzene rings is 1. The molecule has 1 saturated heterocycles. The molecule has 9 nitrogen and oxygen atoms in total. The molecule has 3 heterocycles. The van der Waals surface area contributed by atoms with Gasteiger partial charge in [-0.1, -0.05) is 35.0 Å². The average Bonchev–Trinajstić information content (AvgIpc) is 3.06. The fourth-order valence-electron chi connectivity index (χ4n) is 3.52. The summed E-state index contributed by atoms with van der Waals surface area (Å²) in [6.45, 7) is 3.28. The minimum atomic E-state index is -3.28. The number of piperidine rings is 1. The van der Waals surface area contributed by atoms with Gasteiger partial charge in [0, 0.05) is 19.0 Å². The van der Waals surface area contributed by atoms with Crippen LogP contribution in [-0.2, 0) is 16.6 Å². The summed E-state index contributed by atoms with van der Waals surface area (Å²) in [4.78, 5) is 19.9. The fraction of sp³-hybridized carbons (Fsp3) is 0.444. The number of hydrogen-bond acceptors (Lipinski definition) is 6. The van der Waals surface area contributed by atoms with Crippen molar-refractivity contribution in [2.24, 2.45) is 0 Å². The monoisotopic (exact) mass is 402 g/mol. The molecule has 1 N–H and O–H groups in total. The van der Waals surface area contributed by atoms with Gasteiger partial charge in [0.05, 0.1) is 12.8 Å². The number of sulfonamides is 1. The summed E-state index contributed by atoms with van der Waals surface area (Å²) in [7, 11) is -3.28. The van der Waals surface area contributed by atoms with Crippen LogP contribution in [0.25, 0.3) is 11.2 Å². The zero-order valence-electron chi connectivity index (χ0n) is 15.8. The van der Waals surface area contributed by atoms with E-state index in [2.05, 4.69) is 20.3 Å². The molecule has 0 saturated carbocycles. The molecule has 0 unspecified atom stereocenters. The highest BCUT2D eigenvalue weighted by molar-refractivity contribution is 7.88. The van der Waals surface area contributed by atoms with E-state index in [0.717, 1.165) is 24.0 Å². The number of hydrogen-bond donors (Lipinski definition) is 1. The van der Waals surface area contributed by atoms with Crippen molar-refractivity contribution in [1.82, 2.24) is 29.3 Å². The van der Waals surface area contributed by atoms with E-state index in [1.165, 1.54) is 10.6 Å². The van der Waals surface area contributed by atoms with E-state index in [9.17, 15) is 13.2 Å². The van der Waals surface area contributed by atoms with Crippen LogP contribution >= 0.6 is 0 Å². The van der Waals surface area contributed by atoms with Crippen molar-refractivity contribution in [2.75, 3.05) is 19.3 Å². The van der Waals surface area contributed by atoms with Crippen LogP contribution in [0, 0.1) is 6.92 Å². The average molecular weight is 402 g/mol. The fourth-order valence-corrected chi connectivity index (χ4v) is 4.43. The maximum absolute atomic E-state index is 12.5. The summed E-state index contributed by atoms with van der Waals surface area (Å²) >= 11 is 0. The number of fused-ring (bicyclic) bond motifs is 1. The van der Waals surface area contributed by atoms with E-state index < -0.39 is 10.0 Å². The molecule has 1 aliphatic heterocycles. The molecule has 0 radical (unpaired) electrons. The van der Waals surface area contributed by atoms with Crippen LogP contribution in [0.3, 0.4) is 0 Å². The Morgan fingerprint density at radius 1 is 1.25 bits per heavy atom. The highest BCUT2D eigenvalue weighted by Crippen LogP contribution is 2.26. The third-order valence-electron chi connectivity index (χ3n) is 5.08. The van der Waals surface area contributed by atoms with Gasteiger partial charge in [-0.2, -0.15) is 0 Å². The molecule has 4 rings (SSSR count). The maximum Gasteiger partial charge on any atom is 0.281 e. The molecule has 3 aromatic rings. The van der Waals surface area contributed by atoms with Gasteiger partial charge in [0.15, 0.2) is 11.2 Å². The van der Waals surface area contributed by atoms with Gasteiger partial charge < -0.3 is 4.98 Å². The van der Waals surface area contributed by atoms with Gasteiger partial charge in [0.1, 0.15) is 5.82 Å². The Kier molecular flexibility index (Phi) is 4.76. The van der Waals surface area contributed by atoms with Gasteiger partial charge >= 0.3 is 0 Å². The molecule has 1 aliphatic rings. The Morgan fingerprint density at radius 2 is 2.00 bits per heavy atom. The van der Waals surface area contributed by atoms with Crippen molar-refractivity contribution >= 4 is 21.2 Å². The van der Waals surface area contributed by atoms with E-state index in [4.69, 9.17) is 0 Å². The molecule has 2 aromatic heterocycles. The molecule has 0 bridgehead atoms. The number of nitrogens with one attached hydrogen (secondary N) is 1. The lowest BCUT2D eigenvalue weighted by molar-refractivity contribution is 0.311. The third-order valence-corrected chi connectivity index (χ3v) is 6.35. The van der Waals surface area contributed by atoms with Crippen LogP contribution in [0.4, 0.5) is 0 Å². The minimum absolute atomic E-state index is 0.164. The molecule has 0 aliphatic carbocycles.